The first-order valence-corrected chi connectivity index (χ1v) is 29.3. The van der Waals surface area contributed by atoms with Gasteiger partial charge in [-0.25, -0.2) is 0 Å². The molecule has 0 aromatic carbocycles. The van der Waals surface area contributed by atoms with Crippen LogP contribution in [0.1, 0.15) is 330 Å². The van der Waals surface area contributed by atoms with Gasteiger partial charge in [0.05, 0.1) is 0 Å². The van der Waals surface area contributed by atoms with E-state index in [2.05, 4.69) is 34.6 Å². The van der Waals surface area contributed by atoms with E-state index in [9.17, 15) is 14.4 Å². The van der Waals surface area contributed by atoms with Crippen molar-refractivity contribution >= 4 is 17.9 Å². The van der Waals surface area contributed by atoms with Gasteiger partial charge in [0, 0.05) is 19.3 Å². The lowest BCUT2D eigenvalue weighted by atomic mass is 9.99. The summed E-state index contributed by atoms with van der Waals surface area (Å²) in [5, 5.41) is 0. The quantitative estimate of drug-likeness (QED) is 0.0344. The van der Waals surface area contributed by atoms with Gasteiger partial charge in [-0.3, -0.25) is 14.4 Å². The summed E-state index contributed by atoms with van der Waals surface area (Å²) < 4.78 is 16.9. The zero-order valence-electron chi connectivity index (χ0n) is 44.6. The number of carbonyl (C=O) groups excluding carboxylic acids is 3. The molecule has 0 radical (unpaired) electrons. The number of ether oxygens (including phenoxy) is 3. The molecule has 0 bridgehead atoms. The van der Waals surface area contributed by atoms with E-state index < -0.39 is 6.10 Å². The van der Waals surface area contributed by atoms with Crippen molar-refractivity contribution in [3.05, 3.63) is 0 Å². The molecule has 6 heteroatoms. The van der Waals surface area contributed by atoms with Gasteiger partial charge >= 0.3 is 17.9 Å². The smallest absolute Gasteiger partial charge is 0.306 e. The third-order valence-corrected chi connectivity index (χ3v) is 13.8. The fourth-order valence-electron chi connectivity index (χ4n) is 9.02. The number of rotatable bonds is 53. The summed E-state index contributed by atoms with van der Waals surface area (Å²) in [7, 11) is 0. The van der Waals surface area contributed by atoms with Crippen LogP contribution < -0.4 is 0 Å². The zero-order chi connectivity index (χ0) is 47.5. The van der Waals surface area contributed by atoms with Gasteiger partial charge in [-0.2, -0.15) is 0 Å². The molecule has 0 spiro atoms. The Morgan fingerprint density at radius 2 is 0.585 bits per heavy atom. The van der Waals surface area contributed by atoms with Crippen LogP contribution in [0.2, 0.25) is 0 Å². The van der Waals surface area contributed by atoms with Gasteiger partial charge in [0.25, 0.3) is 0 Å². The van der Waals surface area contributed by atoms with Crippen LogP contribution in [0.25, 0.3) is 0 Å². The van der Waals surface area contributed by atoms with Gasteiger partial charge in [-0.1, -0.05) is 291 Å². The summed E-state index contributed by atoms with van der Waals surface area (Å²) >= 11 is 0. The Kier molecular flexibility index (Phi) is 50.5. The number of hydrogen-bond acceptors (Lipinski definition) is 6. The van der Waals surface area contributed by atoms with Crippen molar-refractivity contribution in [3.8, 4) is 0 Å². The van der Waals surface area contributed by atoms with Crippen LogP contribution in [0.5, 0.6) is 0 Å². The van der Waals surface area contributed by atoms with Crippen LogP contribution in [-0.4, -0.2) is 37.2 Å². The lowest BCUT2D eigenvalue weighted by molar-refractivity contribution is -0.167. The predicted octanol–water partition coefficient (Wildman–Crippen LogP) is 19.3. The van der Waals surface area contributed by atoms with E-state index in [0.29, 0.717) is 19.3 Å². The fraction of sp³-hybridized carbons (Fsp3) is 0.949. The van der Waals surface area contributed by atoms with Crippen molar-refractivity contribution in [1.82, 2.24) is 0 Å². The third kappa shape index (κ3) is 51.6. The summed E-state index contributed by atoms with van der Waals surface area (Å²) in [6, 6.07) is 0. The SMILES string of the molecule is CCCCCCCCCCCCCCCCC(=O)O[C@@H](COC(=O)CCCCCCCCCCCCCCCCC(C)CC)COC(=O)CCCCCCCCCCCCCCC(C)C. The molecule has 6 nitrogen and oxygen atoms in total. The van der Waals surface area contributed by atoms with Crippen LogP contribution >= 0.6 is 0 Å². The van der Waals surface area contributed by atoms with Gasteiger partial charge in [0.1, 0.15) is 13.2 Å². The molecule has 0 aliphatic carbocycles. The minimum absolute atomic E-state index is 0.0625. The number of carbonyl (C=O) groups is 3. The normalized spacial score (nSPS) is 12.5. The molecule has 0 heterocycles. The standard InChI is InChI=1S/C59H114O6/c1-6-8-9-10-11-12-13-14-18-26-31-36-41-46-51-59(62)65-56(53-64-58(61)50-45-40-35-30-25-21-20-22-27-32-37-42-47-54(3)4)52-63-57(60)49-44-39-34-29-24-19-16-15-17-23-28-33-38-43-48-55(5)7-2/h54-56H,6-53H2,1-5H3/t55?,56-/m0/s1. The number of esters is 3. The Bertz CT molecular complexity index is 995. The highest BCUT2D eigenvalue weighted by Crippen LogP contribution is 2.19. The van der Waals surface area contributed by atoms with Crippen molar-refractivity contribution in [2.24, 2.45) is 11.8 Å². The predicted molar refractivity (Wildman–Crippen MR) is 280 cm³/mol. The van der Waals surface area contributed by atoms with Crippen molar-refractivity contribution in [3.63, 3.8) is 0 Å². The van der Waals surface area contributed by atoms with E-state index in [-0.39, 0.29) is 31.1 Å². The van der Waals surface area contributed by atoms with E-state index >= 15 is 0 Å². The molecule has 0 saturated carbocycles. The van der Waals surface area contributed by atoms with Gasteiger partial charge < -0.3 is 14.2 Å². The molecule has 0 aromatic heterocycles. The van der Waals surface area contributed by atoms with Crippen molar-refractivity contribution < 1.29 is 28.6 Å². The number of hydrogen-bond donors (Lipinski definition) is 0. The third-order valence-electron chi connectivity index (χ3n) is 13.8. The molecular formula is C59H114O6. The van der Waals surface area contributed by atoms with Crippen molar-refractivity contribution in [1.29, 1.82) is 0 Å². The molecule has 386 valence electrons. The molecule has 0 aliphatic rings. The van der Waals surface area contributed by atoms with Crippen LogP contribution in [-0.2, 0) is 28.6 Å². The molecule has 0 aromatic rings. The van der Waals surface area contributed by atoms with Gasteiger partial charge in [0.2, 0.25) is 0 Å². The molecule has 0 aliphatic heterocycles. The van der Waals surface area contributed by atoms with Crippen molar-refractivity contribution in [2.75, 3.05) is 13.2 Å². The van der Waals surface area contributed by atoms with E-state index in [4.69, 9.17) is 14.2 Å². The molecule has 0 rings (SSSR count). The second-order valence-corrected chi connectivity index (χ2v) is 21.0. The van der Waals surface area contributed by atoms with Crippen LogP contribution in [0.3, 0.4) is 0 Å². The lowest BCUT2D eigenvalue weighted by Gasteiger charge is -2.18. The minimum Gasteiger partial charge on any atom is -0.462 e. The topological polar surface area (TPSA) is 78.9 Å². The highest BCUT2D eigenvalue weighted by Gasteiger charge is 2.19. The van der Waals surface area contributed by atoms with E-state index in [1.807, 2.05) is 0 Å². The monoisotopic (exact) mass is 919 g/mol. The summed E-state index contributed by atoms with van der Waals surface area (Å²) in [6.45, 7) is 11.5. The Labute approximate surface area is 406 Å². The Balaban J connectivity index is 4.29. The summed E-state index contributed by atoms with van der Waals surface area (Å²) in [6.07, 6.45) is 55.1. The van der Waals surface area contributed by atoms with Gasteiger partial charge in [0.15, 0.2) is 6.10 Å². The van der Waals surface area contributed by atoms with Gasteiger partial charge in [-0.15, -0.1) is 0 Å². The van der Waals surface area contributed by atoms with Crippen LogP contribution in [0.4, 0.5) is 0 Å². The first-order chi connectivity index (χ1) is 31.8. The Morgan fingerprint density at radius 1 is 0.323 bits per heavy atom. The summed E-state index contributed by atoms with van der Waals surface area (Å²) in [5.41, 5.74) is 0. The minimum atomic E-state index is -0.762. The Morgan fingerprint density at radius 3 is 0.877 bits per heavy atom. The van der Waals surface area contributed by atoms with Crippen LogP contribution in [0, 0.1) is 11.8 Å². The molecule has 1 unspecified atom stereocenters. The van der Waals surface area contributed by atoms with Crippen LogP contribution in [0.15, 0.2) is 0 Å². The average Bonchev–Trinajstić information content (AvgIpc) is 3.29. The van der Waals surface area contributed by atoms with E-state index in [1.54, 1.807) is 0 Å². The second kappa shape index (κ2) is 51.8. The maximum absolute atomic E-state index is 12.8. The molecule has 65 heavy (non-hydrogen) atoms. The zero-order valence-corrected chi connectivity index (χ0v) is 44.6. The maximum Gasteiger partial charge on any atom is 0.306 e. The molecule has 0 N–H and O–H groups in total. The fourth-order valence-corrected chi connectivity index (χ4v) is 9.02. The highest BCUT2D eigenvalue weighted by molar-refractivity contribution is 5.71. The second-order valence-electron chi connectivity index (χ2n) is 21.0. The molecule has 0 fully saturated rings. The summed E-state index contributed by atoms with van der Waals surface area (Å²) in [4.78, 5) is 38.1. The Hall–Kier alpha value is -1.59. The van der Waals surface area contributed by atoms with E-state index in [1.165, 1.54) is 218 Å². The maximum atomic E-state index is 12.8. The van der Waals surface area contributed by atoms with Gasteiger partial charge in [-0.05, 0) is 31.1 Å². The molecule has 2 atom stereocenters. The average molecular weight is 920 g/mol. The summed E-state index contributed by atoms with van der Waals surface area (Å²) in [5.74, 6) is 0.892. The molecule has 0 amide bonds. The first kappa shape index (κ1) is 63.4. The lowest BCUT2D eigenvalue weighted by Crippen LogP contribution is -2.30. The first-order valence-electron chi connectivity index (χ1n) is 29.3. The molecule has 0 saturated heterocycles. The van der Waals surface area contributed by atoms with Crippen molar-refractivity contribution in [2.45, 2.75) is 336 Å². The molecular weight excluding hydrogens is 805 g/mol. The number of unbranched alkanes of at least 4 members (excludes halogenated alkanes) is 37. The highest BCUT2D eigenvalue weighted by atomic mass is 16.6. The van der Waals surface area contributed by atoms with E-state index in [0.717, 1.165) is 69.6 Å². The largest absolute Gasteiger partial charge is 0.462 e.